The fraction of sp³-hybridized carbons (Fsp3) is 0.273. The van der Waals surface area contributed by atoms with E-state index in [9.17, 15) is 9.59 Å². The number of hydrogen-bond acceptors (Lipinski definition) is 2. The van der Waals surface area contributed by atoms with E-state index in [0.29, 0.717) is 18.5 Å². The zero-order valence-corrected chi connectivity index (χ0v) is 8.09. The minimum absolute atomic E-state index is 0.107. The highest BCUT2D eigenvalue weighted by molar-refractivity contribution is 6.02. The molecule has 1 N–H and O–H groups in total. The Morgan fingerprint density at radius 3 is 2.40 bits per heavy atom. The normalized spacial score (nSPS) is 19.5. The lowest BCUT2D eigenvalue weighted by molar-refractivity contribution is 0.0554. The number of ketones is 1. The maximum atomic E-state index is 11.8. The lowest BCUT2D eigenvalue weighted by Crippen LogP contribution is -2.54. The minimum atomic E-state index is -1.02. The third-order valence-corrected chi connectivity index (χ3v) is 2.63. The lowest BCUT2D eigenvalue weighted by atomic mass is 9.94. The van der Waals surface area contributed by atoms with Crippen molar-refractivity contribution in [2.24, 2.45) is 0 Å². The Labute approximate surface area is 87.1 Å². The van der Waals surface area contributed by atoms with Crippen LogP contribution in [0.25, 0.3) is 0 Å². The van der Waals surface area contributed by atoms with Crippen LogP contribution in [-0.2, 0) is 0 Å². The standard InChI is InChI=1S/C11H11NO3/c13-10(8-4-2-1-3-5-8)9-6-7-12(9)11(14)15/h1-5,9H,6-7H2,(H,14,15). The van der Waals surface area contributed by atoms with Gasteiger partial charge in [0.2, 0.25) is 0 Å². The smallest absolute Gasteiger partial charge is 0.407 e. The van der Waals surface area contributed by atoms with E-state index in [1.54, 1.807) is 24.3 Å². The second kappa shape index (κ2) is 3.73. The molecule has 1 atom stereocenters. The monoisotopic (exact) mass is 205 g/mol. The SMILES string of the molecule is O=C(c1ccccc1)C1CCN1C(=O)O. The van der Waals surface area contributed by atoms with Crippen molar-refractivity contribution in [3.8, 4) is 0 Å². The largest absolute Gasteiger partial charge is 0.465 e. The predicted octanol–water partition coefficient (Wildman–Crippen LogP) is 1.62. The summed E-state index contributed by atoms with van der Waals surface area (Å²) in [6.07, 6.45) is -0.393. The van der Waals surface area contributed by atoms with Crippen molar-refractivity contribution in [2.45, 2.75) is 12.5 Å². The number of rotatable bonds is 2. The van der Waals surface area contributed by atoms with E-state index in [1.807, 2.05) is 6.07 Å². The second-order valence-corrected chi connectivity index (χ2v) is 3.51. The van der Waals surface area contributed by atoms with Gasteiger partial charge in [-0.25, -0.2) is 4.79 Å². The topological polar surface area (TPSA) is 57.6 Å². The molecule has 0 saturated carbocycles. The van der Waals surface area contributed by atoms with Crippen molar-refractivity contribution in [1.82, 2.24) is 4.90 Å². The van der Waals surface area contributed by atoms with E-state index in [2.05, 4.69) is 0 Å². The first-order chi connectivity index (χ1) is 7.20. The summed E-state index contributed by atoms with van der Waals surface area (Å²) in [6, 6.07) is 8.31. The van der Waals surface area contributed by atoms with E-state index in [1.165, 1.54) is 4.90 Å². The molecule has 0 aliphatic carbocycles. The first-order valence-corrected chi connectivity index (χ1v) is 4.79. The molecule has 2 rings (SSSR count). The zero-order valence-electron chi connectivity index (χ0n) is 8.09. The van der Waals surface area contributed by atoms with Gasteiger partial charge in [0, 0.05) is 12.1 Å². The van der Waals surface area contributed by atoms with Gasteiger partial charge in [-0.1, -0.05) is 30.3 Å². The number of carbonyl (C=O) groups excluding carboxylic acids is 1. The molecule has 0 radical (unpaired) electrons. The lowest BCUT2D eigenvalue weighted by Gasteiger charge is -2.37. The third kappa shape index (κ3) is 1.70. The van der Waals surface area contributed by atoms with Crippen LogP contribution in [0.1, 0.15) is 16.8 Å². The summed E-state index contributed by atoms with van der Waals surface area (Å²) < 4.78 is 0. The number of nitrogens with zero attached hydrogens (tertiary/aromatic N) is 1. The van der Waals surface area contributed by atoms with Gasteiger partial charge in [0.15, 0.2) is 5.78 Å². The fourth-order valence-corrected chi connectivity index (χ4v) is 1.68. The van der Waals surface area contributed by atoms with Crippen LogP contribution in [0.3, 0.4) is 0 Å². The Hall–Kier alpha value is -1.84. The maximum absolute atomic E-state index is 11.8. The quantitative estimate of drug-likeness (QED) is 0.746. The van der Waals surface area contributed by atoms with Gasteiger partial charge >= 0.3 is 6.09 Å². The Kier molecular flexibility index (Phi) is 2.41. The molecule has 1 aliphatic rings. The predicted molar refractivity (Wildman–Crippen MR) is 53.9 cm³/mol. The molecule has 1 saturated heterocycles. The minimum Gasteiger partial charge on any atom is -0.465 e. The van der Waals surface area contributed by atoms with Crippen LogP contribution in [-0.4, -0.2) is 34.5 Å². The van der Waals surface area contributed by atoms with Crippen LogP contribution in [0.15, 0.2) is 30.3 Å². The van der Waals surface area contributed by atoms with Gasteiger partial charge in [-0.15, -0.1) is 0 Å². The van der Waals surface area contributed by atoms with Gasteiger partial charge in [-0.2, -0.15) is 0 Å². The van der Waals surface area contributed by atoms with E-state index >= 15 is 0 Å². The number of benzene rings is 1. The van der Waals surface area contributed by atoms with Gasteiger partial charge in [-0.05, 0) is 6.42 Å². The Bertz CT molecular complexity index is 388. The number of hydrogen-bond donors (Lipinski definition) is 1. The molecule has 1 amide bonds. The Balaban J connectivity index is 2.13. The summed E-state index contributed by atoms with van der Waals surface area (Å²) in [6.45, 7) is 0.457. The van der Waals surface area contributed by atoms with Crippen LogP contribution in [0.4, 0.5) is 4.79 Å². The highest BCUT2D eigenvalue weighted by Gasteiger charge is 2.37. The highest BCUT2D eigenvalue weighted by Crippen LogP contribution is 2.21. The molecular formula is C11H11NO3. The molecule has 78 valence electrons. The van der Waals surface area contributed by atoms with Gasteiger partial charge < -0.3 is 5.11 Å². The van der Waals surface area contributed by atoms with Crippen LogP contribution in [0.5, 0.6) is 0 Å². The molecule has 0 aromatic heterocycles. The maximum Gasteiger partial charge on any atom is 0.407 e. The van der Waals surface area contributed by atoms with E-state index in [0.717, 1.165) is 0 Å². The summed E-state index contributed by atoms with van der Waals surface area (Å²) >= 11 is 0. The van der Waals surface area contributed by atoms with Crippen LogP contribution < -0.4 is 0 Å². The molecule has 1 heterocycles. The summed E-state index contributed by atoms with van der Waals surface area (Å²) in [5.74, 6) is -0.107. The van der Waals surface area contributed by atoms with Crippen LogP contribution in [0.2, 0.25) is 0 Å². The van der Waals surface area contributed by atoms with Crippen molar-refractivity contribution in [3.63, 3.8) is 0 Å². The number of amides is 1. The molecule has 0 spiro atoms. The van der Waals surface area contributed by atoms with Crippen LogP contribution >= 0.6 is 0 Å². The summed E-state index contributed by atoms with van der Waals surface area (Å²) in [4.78, 5) is 23.7. The zero-order chi connectivity index (χ0) is 10.8. The first kappa shape index (κ1) is 9.71. The number of likely N-dealkylation sites (tertiary alicyclic amines) is 1. The van der Waals surface area contributed by atoms with Gasteiger partial charge in [0.25, 0.3) is 0 Å². The van der Waals surface area contributed by atoms with Crippen molar-refractivity contribution >= 4 is 11.9 Å². The highest BCUT2D eigenvalue weighted by atomic mass is 16.4. The van der Waals surface area contributed by atoms with Crippen molar-refractivity contribution in [1.29, 1.82) is 0 Å². The number of carbonyl (C=O) groups is 2. The molecule has 0 bridgehead atoms. The number of Topliss-reactive ketones (excluding diaryl/α,β-unsaturated/α-hetero) is 1. The number of carboxylic acid groups (broad SMARTS) is 1. The summed E-state index contributed by atoms with van der Waals surface area (Å²) in [5.41, 5.74) is 0.577. The fourth-order valence-electron chi connectivity index (χ4n) is 1.68. The average Bonchev–Trinajstić information content (AvgIpc) is 2.16. The average molecular weight is 205 g/mol. The van der Waals surface area contributed by atoms with Crippen LogP contribution in [0, 0.1) is 0 Å². The van der Waals surface area contributed by atoms with E-state index in [-0.39, 0.29) is 5.78 Å². The first-order valence-electron chi connectivity index (χ1n) is 4.79. The van der Waals surface area contributed by atoms with Crippen molar-refractivity contribution < 1.29 is 14.7 Å². The van der Waals surface area contributed by atoms with Gasteiger partial charge in [-0.3, -0.25) is 9.69 Å². The molecule has 1 aromatic rings. The molecule has 1 aliphatic heterocycles. The van der Waals surface area contributed by atoms with Gasteiger partial charge in [0.1, 0.15) is 6.04 Å². The third-order valence-electron chi connectivity index (χ3n) is 2.63. The van der Waals surface area contributed by atoms with Gasteiger partial charge in [0.05, 0.1) is 0 Å². The molecule has 4 heteroatoms. The van der Waals surface area contributed by atoms with Crippen molar-refractivity contribution in [2.75, 3.05) is 6.54 Å². The Morgan fingerprint density at radius 2 is 1.93 bits per heavy atom. The molecule has 1 fully saturated rings. The molecule has 4 nitrogen and oxygen atoms in total. The molecule has 15 heavy (non-hydrogen) atoms. The van der Waals surface area contributed by atoms with E-state index in [4.69, 9.17) is 5.11 Å². The van der Waals surface area contributed by atoms with Crippen molar-refractivity contribution in [3.05, 3.63) is 35.9 Å². The second-order valence-electron chi connectivity index (χ2n) is 3.51. The Morgan fingerprint density at radius 1 is 1.27 bits per heavy atom. The summed E-state index contributed by atoms with van der Waals surface area (Å²) in [7, 11) is 0. The summed E-state index contributed by atoms with van der Waals surface area (Å²) in [5, 5.41) is 8.77. The molecule has 1 unspecified atom stereocenters. The molecular weight excluding hydrogens is 194 g/mol. The van der Waals surface area contributed by atoms with E-state index < -0.39 is 12.1 Å². The molecule has 1 aromatic carbocycles.